The van der Waals surface area contributed by atoms with Crippen LogP contribution in [-0.4, -0.2) is 71.6 Å². The molecule has 4 rings (SSSR count). The van der Waals surface area contributed by atoms with E-state index in [1.165, 1.54) is 0 Å². The van der Waals surface area contributed by atoms with Gasteiger partial charge in [-0.15, -0.1) is 10.2 Å². The van der Waals surface area contributed by atoms with Gasteiger partial charge in [0.05, 0.1) is 19.8 Å². The normalized spacial score (nSPS) is 22.6. The van der Waals surface area contributed by atoms with Gasteiger partial charge in [0.2, 0.25) is 5.91 Å². The number of hydrogen-bond donors (Lipinski definition) is 1. The third-order valence-electron chi connectivity index (χ3n) is 5.40. The largest absolute Gasteiger partial charge is 0.379 e. The number of amides is 1. The average molecular weight is 385 g/mol. The zero-order valence-electron chi connectivity index (χ0n) is 16.3. The van der Waals surface area contributed by atoms with Crippen LogP contribution in [0.4, 0.5) is 0 Å². The first-order valence-corrected chi connectivity index (χ1v) is 9.85. The second-order valence-corrected chi connectivity index (χ2v) is 7.47. The number of fused-ring (bicyclic) bond motifs is 1. The molecule has 2 aliphatic heterocycles. The Labute approximate surface area is 164 Å². The average Bonchev–Trinajstić information content (AvgIpc) is 3.18. The molecule has 28 heavy (non-hydrogen) atoms. The van der Waals surface area contributed by atoms with E-state index in [0.717, 1.165) is 44.8 Å². The van der Waals surface area contributed by atoms with Gasteiger partial charge in [-0.2, -0.15) is 0 Å². The van der Waals surface area contributed by atoms with E-state index < -0.39 is 5.54 Å². The van der Waals surface area contributed by atoms with E-state index in [9.17, 15) is 4.79 Å². The Morgan fingerprint density at radius 3 is 2.75 bits per heavy atom. The lowest BCUT2D eigenvalue weighted by Gasteiger charge is -2.35. The number of nitrogens with one attached hydrogen (secondary N) is 1. The quantitative estimate of drug-likeness (QED) is 0.748. The van der Waals surface area contributed by atoms with Crippen molar-refractivity contribution >= 4 is 5.91 Å². The van der Waals surface area contributed by atoms with Crippen LogP contribution in [0, 0.1) is 0 Å². The molecule has 1 atom stereocenters. The van der Waals surface area contributed by atoms with Gasteiger partial charge in [-0.3, -0.25) is 14.3 Å². The van der Waals surface area contributed by atoms with Crippen LogP contribution in [0.3, 0.4) is 0 Å². The van der Waals surface area contributed by atoms with Crippen molar-refractivity contribution in [2.45, 2.75) is 25.5 Å². The number of benzene rings is 1. The van der Waals surface area contributed by atoms with E-state index in [2.05, 4.69) is 20.4 Å². The summed E-state index contributed by atoms with van der Waals surface area (Å²) in [5.74, 6) is 1.31. The molecule has 8 heteroatoms. The standard InChI is InChI=1S/C20H27N5O3/c1-20(19(26)21-8-5-9-24-10-12-27-13-11-24)15-28-14-17-22-23-18(25(17)20)16-6-3-2-4-7-16/h2-4,6-7H,5,8-15H2,1H3,(H,21,26). The Kier molecular flexibility index (Phi) is 5.70. The van der Waals surface area contributed by atoms with E-state index in [1.54, 1.807) is 0 Å². The fraction of sp³-hybridized carbons (Fsp3) is 0.550. The molecule has 0 bridgehead atoms. The van der Waals surface area contributed by atoms with Gasteiger partial charge in [-0.05, 0) is 19.9 Å². The first kappa shape index (κ1) is 19.0. The fourth-order valence-electron chi connectivity index (χ4n) is 3.80. The van der Waals surface area contributed by atoms with E-state index in [1.807, 2.05) is 41.8 Å². The first-order chi connectivity index (χ1) is 13.7. The minimum absolute atomic E-state index is 0.0626. The summed E-state index contributed by atoms with van der Waals surface area (Å²) in [5, 5.41) is 11.7. The summed E-state index contributed by atoms with van der Waals surface area (Å²) in [6, 6.07) is 9.83. The van der Waals surface area contributed by atoms with Gasteiger partial charge in [0.1, 0.15) is 12.1 Å². The van der Waals surface area contributed by atoms with Crippen molar-refractivity contribution < 1.29 is 14.3 Å². The van der Waals surface area contributed by atoms with Crippen molar-refractivity contribution in [2.75, 3.05) is 46.0 Å². The van der Waals surface area contributed by atoms with Gasteiger partial charge >= 0.3 is 0 Å². The Morgan fingerprint density at radius 2 is 1.96 bits per heavy atom. The molecule has 1 aromatic carbocycles. The molecule has 1 unspecified atom stereocenters. The zero-order chi connectivity index (χ0) is 19.4. The van der Waals surface area contributed by atoms with Crippen molar-refractivity contribution in [3.05, 3.63) is 36.2 Å². The molecule has 2 aromatic rings. The van der Waals surface area contributed by atoms with Crippen molar-refractivity contribution in [1.29, 1.82) is 0 Å². The smallest absolute Gasteiger partial charge is 0.248 e. The van der Waals surface area contributed by atoms with Crippen molar-refractivity contribution in [3.63, 3.8) is 0 Å². The van der Waals surface area contributed by atoms with Crippen LogP contribution in [0.5, 0.6) is 0 Å². The number of rotatable bonds is 6. The molecule has 0 saturated carbocycles. The highest BCUT2D eigenvalue weighted by molar-refractivity contribution is 5.85. The Balaban J connectivity index is 1.44. The van der Waals surface area contributed by atoms with Crippen LogP contribution in [0.25, 0.3) is 11.4 Å². The summed E-state index contributed by atoms with van der Waals surface area (Å²) in [7, 11) is 0. The minimum Gasteiger partial charge on any atom is -0.379 e. The molecule has 8 nitrogen and oxygen atoms in total. The summed E-state index contributed by atoms with van der Waals surface area (Å²) < 4.78 is 13.0. The van der Waals surface area contributed by atoms with E-state index in [0.29, 0.717) is 31.4 Å². The maximum atomic E-state index is 13.1. The number of carbonyl (C=O) groups is 1. The van der Waals surface area contributed by atoms with Crippen LogP contribution < -0.4 is 5.32 Å². The van der Waals surface area contributed by atoms with Crippen molar-refractivity contribution in [3.8, 4) is 11.4 Å². The SMILES string of the molecule is CC1(C(=O)NCCCN2CCOCC2)COCc2nnc(-c3ccccc3)n21. The van der Waals surface area contributed by atoms with E-state index in [4.69, 9.17) is 9.47 Å². The third-order valence-corrected chi connectivity index (χ3v) is 5.40. The Bertz CT molecular complexity index is 803. The fourth-order valence-corrected chi connectivity index (χ4v) is 3.80. The highest BCUT2D eigenvalue weighted by Gasteiger charge is 2.42. The van der Waals surface area contributed by atoms with Gasteiger partial charge in [0, 0.05) is 25.2 Å². The molecule has 1 N–H and O–H groups in total. The molecule has 1 aromatic heterocycles. The van der Waals surface area contributed by atoms with Gasteiger partial charge in [-0.25, -0.2) is 0 Å². The first-order valence-electron chi connectivity index (χ1n) is 9.85. The summed E-state index contributed by atoms with van der Waals surface area (Å²) >= 11 is 0. The van der Waals surface area contributed by atoms with Crippen LogP contribution >= 0.6 is 0 Å². The van der Waals surface area contributed by atoms with Crippen molar-refractivity contribution in [2.24, 2.45) is 0 Å². The topological polar surface area (TPSA) is 81.5 Å². The Hall–Kier alpha value is -2.29. The minimum atomic E-state index is -0.874. The van der Waals surface area contributed by atoms with Gasteiger partial charge in [0.25, 0.3) is 0 Å². The van der Waals surface area contributed by atoms with Crippen LogP contribution in [0.15, 0.2) is 30.3 Å². The van der Waals surface area contributed by atoms with Gasteiger partial charge in [0.15, 0.2) is 11.6 Å². The lowest BCUT2D eigenvalue weighted by molar-refractivity contribution is -0.135. The second-order valence-electron chi connectivity index (χ2n) is 7.47. The maximum Gasteiger partial charge on any atom is 0.248 e. The molecule has 3 heterocycles. The molecule has 0 radical (unpaired) electrons. The number of aromatic nitrogens is 3. The third kappa shape index (κ3) is 3.80. The molecule has 150 valence electrons. The second kappa shape index (κ2) is 8.38. The van der Waals surface area contributed by atoms with E-state index in [-0.39, 0.29) is 5.91 Å². The summed E-state index contributed by atoms with van der Waals surface area (Å²) in [6.45, 7) is 7.65. The molecule has 2 aliphatic rings. The van der Waals surface area contributed by atoms with Crippen LogP contribution in [0.1, 0.15) is 19.2 Å². The molecular formula is C20H27N5O3. The number of nitrogens with zero attached hydrogens (tertiary/aromatic N) is 4. The van der Waals surface area contributed by atoms with Crippen molar-refractivity contribution in [1.82, 2.24) is 25.0 Å². The predicted octanol–water partition coefficient (Wildman–Crippen LogP) is 1.03. The molecular weight excluding hydrogens is 358 g/mol. The summed E-state index contributed by atoms with van der Waals surface area (Å²) in [4.78, 5) is 15.5. The number of hydrogen-bond acceptors (Lipinski definition) is 6. The summed E-state index contributed by atoms with van der Waals surface area (Å²) in [5.41, 5.74) is 0.0656. The predicted molar refractivity (Wildman–Crippen MR) is 104 cm³/mol. The van der Waals surface area contributed by atoms with Crippen LogP contribution in [-0.2, 0) is 26.4 Å². The number of carbonyl (C=O) groups excluding carboxylic acids is 1. The lowest BCUT2D eigenvalue weighted by atomic mass is 9.99. The Morgan fingerprint density at radius 1 is 1.18 bits per heavy atom. The van der Waals surface area contributed by atoms with Gasteiger partial charge in [-0.1, -0.05) is 30.3 Å². The lowest BCUT2D eigenvalue weighted by Crippen LogP contribution is -2.53. The van der Waals surface area contributed by atoms with Crippen LogP contribution in [0.2, 0.25) is 0 Å². The molecule has 0 aliphatic carbocycles. The number of morpholine rings is 1. The molecule has 1 amide bonds. The zero-order valence-corrected chi connectivity index (χ0v) is 16.3. The number of ether oxygens (including phenoxy) is 2. The molecule has 1 saturated heterocycles. The maximum absolute atomic E-state index is 13.1. The highest BCUT2D eigenvalue weighted by Crippen LogP contribution is 2.30. The van der Waals surface area contributed by atoms with Gasteiger partial charge < -0.3 is 14.8 Å². The molecule has 1 fully saturated rings. The monoisotopic (exact) mass is 385 g/mol. The highest BCUT2D eigenvalue weighted by atomic mass is 16.5. The molecule has 0 spiro atoms. The summed E-state index contributed by atoms with van der Waals surface area (Å²) in [6.07, 6.45) is 0.906. The van der Waals surface area contributed by atoms with E-state index >= 15 is 0 Å².